The second-order valence-electron chi connectivity index (χ2n) is 5.25. The first-order valence-corrected chi connectivity index (χ1v) is 9.22. The molecule has 24 heavy (non-hydrogen) atoms. The van der Waals surface area contributed by atoms with E-state index in [0.29, 0.717) is 16.9 Å². The Morgan fingerprint density at radius 3 is 2.83 bits per heavy atom. The van der Waals surface area contributed by atoms with Gasteiger partial charge in [0, 0.05) is 35.5 Å². The number of aliphatic hydroxyl groups excluding tert-OH is 1. The number of hydrogen-bond donors (Lipinski definition) is 1. The fraction of sp³-hybridized carbons (Fsp3) is 0.222. The average Bonchev–Trinajstić information content (AvgIpc) is 2.55. The number of amides is 1. The van der Waals surface area contributed by atoms with Crippen LogP contribution in [0.2, 0.25) is 0 Å². The molecule has 124 valence electrons. The molecule has 1 unspecified atom stereocenters. The van der Waals surface area contributed by atoms with Crippen LogP contribution in [0.3, 0.4) is 0 Å². The van der Waals surface area contributed by atoms with E-state index in [1.165, 1.54) is 18.6 Å². The summed E-state index contributed by atoms with van der Waals surface area (Å²) in [6.45, 7) is 1.86. The number of aromatic nitrogens is 1. The summed E-state index contributed by atoms with van der Waals surface area (Å²) < 4.78 is 16.6. The summed E-state index contributed by atoms with van der Waals surface area (Å²) in [4.78, 5) is 16.8. The van der Waals surface area contributed by atoms with E-state index in [1.54, 1.807) is 24.3 Å². The van der Waals surface area contributed by atoms with Gasteiger partial charge in [0.1, 0.15) is 0 Å². The Kier molecular flexibility index (Phi) is 5.85. The normalized spacial score (nSPS) is 12.6. The number of pyridine rings is 1. The molecule has 0 saturated heterocycles. The van der Waals surface area contributed by atoms with Crippen LogP contribution < -0.4 is 0 Å². The topological polar surface area (TPSA) is 79.6 Å². The van der Waals surface area contributed by atoms with Crippen molar-refractivity contribution in [1.82, 2.24) is 4.98 Å². The van der Waals surface area contributed by atoms with Gasteiger partial charge in [0.2, 0.25) is 0 Å². The zero-order valence-electron chi connectivity index (χ0n) is 13.5. The predicted molar refractivity (Wildman–Crippen MR) is 93.1 cm³/mol. The van der Waals surface area contributed by atoms with Crippen LogP contribution in [0.15, 0.2) is 52.0 Å². The highest BCUT2D eigenvalue weighted by Crippen LogP contribution is 2.15. The van der Waals surface area contributed by atoms with Crippen LogP contribution in [0.4, 0.5) is 0 Å². The Labute approximate surface area is 141 Å². The Morgan fingerprint density at radius 2 is 2.12 bits per heavy atom. The van der Waals surface area contributed by atoms with Gasteiger partial charge in [0.25, 0.3) is 5.91 Å². The summed E-state index contributed by atoms with van der Waals surface area (Å²) in [5.74, 6) is 4.97. The third-order valence-electron chi connectivity index (χ3n) is 3.14. The van der Waals surface area contributed by atoms with Gasteiger partial charge in [-0.1, -0.05) is 24.0 Å². The third-order valence-corrected chi connectivity index (χ3v) is 4.78. The summed E-state index contributed by atoms with van der Waals surface area (Å²) in [5, 5.41) is 8.72. The van der Waals surface area contributed by atoms with E-state index < -0.39 is 15.6 Å². The van der Waals surface area contributed by atoms with Gasteiger partial charge in [-0.2, -0.15) is 4.36 Å². The van der Waals surface area contributed by atoms with Crippen molar-refractivity contribution >= 4 is 15.6 Å². The number of carbonyl (C=O) groups excluding carboxylic acids is 1. The van der Waals surface area contributed by atoms with E-state index in [-0.39, 0.29) is 12.2 Å². The lowest BCUT2D eigenvalue weighted by molar-refractivity contribution is 0.100. The van der Waals surface area contributed by atoms with Crippen molar-refractivity contribution in [1.29, 1.82) is 0 Å². The summed E-state index contributed by atoms with van der Waals surface area (Å²) in [5.41, 5.74) is 1.73. The minimum absolute atomic E-state index is 0.0250. The van der Waals surface area contributed by atoms with E-state index in [4.69, 9.17) is 5.11 Å². The molecule has 0 bridgehead atoms. The molecule has 6 heteroatoms. The number of aryl methyl sites for hydroxylation is 1. The number of carbonyl (C=O) groups is 1. The van der Waals surface area contributed by atoms with Crippen molar-refractivity contribution in [2.45, 2.75) is 18.2 Å². The molecular weight excluding hydrogens is 324 g/mol. The highest BCUT2D eigenvalue weighted by molar-refractivity contribution is 7.93. The molecule has 0 aliphatic heterocycles. The minimum atomic E-state index is -2.84. The van der Waals surface area contributed by atoms with Crippen molar-refractivity contribution in [3.63, 3.8) is 0 Å². The molecule has 0 aliphatic carbocycles. The fourth-order valence-electron chi connectivity index (χ4n) is 1.96. The Morgan fingerprint density at radius 1 is 1.33 bits per heavy atom. The zero-order chi connectivity index (χ0) is 17.6. The van der Waals surface area contributed by atoms with Gasteiger partial charge in [-0.3, -0.25) is 9.78 Å². The molecule has 5 nitrogen and oxygen atoms in total. The summed E-state index contributed by atoms with van der Waals surface area (Å²) in [6.07, 6.45) is 4.68. The van der Waals surface area contributed by atoms with Crippen LogP contribution in [0.1, 0.15) is 27.9 Å². The van der Waals surface area contributed by atoms with Gasteiger partial charge in [-0.05, 0) is 30.7 Å². The van der Waals surface area contributed by atoms with Crippen LogP contribution in [0, 0.1) is 18.8 Å². The lowest BCUT2D eigenvalue weighted by Gasteiger charge is -2.05. The van der Waals surface area contributed by atoms with E-state index in [0.717, 1.165) is 5.56 Å². The van der Waals surface area contributed by atoms with Gasteiger partial charge in [0.05, 0.1) is 21.9 Å². The van der Waals surface area contributed by atoms with Crippen molar-refractivity contribution in [2.24, 2.45) is 4.36 Å². The smallest absolute Gasteiger partial charge is 0.286 e. The first-order valence-electron chi connectivity index (χ1n) is 7.30. The second-order valence-corrected chi connectivity index (χ2v) is 7.51. The van der Waals surface area contributed by atoms with Crippen molar-refractivity contribution in [3.05, 3.63) is 59.4 Å². The minimum Gasteiger partial charge on any atom is -0.395 e. The molecule has 1 atom stereocenters. The maximum atomic E-state index is 12.8. The first kappa shape index (κ1) is 17.9. The van der Waals surface area contributed by atoms with Gasteiger partial charge < -0.3 is 5.11 Å². The van der Waals surface area contributed by atoms with Crippen LogP contribution in [0.5, 0.6) is 0 Å². The average molecular weight is 342 g/mol. The molecule has 1 heterocycles. The maximum absolute atomic E-state index is 12.8. The summed E-state index contributed by atoms with van der Waals surface area (Å²) in [7, 11) is -2.84. The van der Waals surface area contributed by atoms with Crippen LogP contribution in [-0.4, -0.2) is 33.1 Å². The van der Waals surface area contributed by atoms with E-state index in [2.05, 4.69) is 21.2 Å². The lowest BCUT2D eigenvalue weighted by atomic mass is 10.2. The Balaban J connectivity index is 2.34. The number of nitrogens with zero attached hydrogens (tertiary/aromatic N) is 2. The van der Waals surface area contributed by atoms with Crippen LogP contribution in [-0.2, 0) is 9.73 Å². The molecule has 0 fully saturated rings. The molecule has 1 aromatic carbocycles. The number of hydrogen-bond acceptors (Lipinski definition) is 4. The first-order chi connectivity index (χ1) is 11.4. The molecule has 1 aromatic heterocycles. The van der Waals surface area contributed by atoms with Gasteiger partial charge in [0.15, 0.2) is 0 Å². The number of aliphatic hydroxyl groups is 1. The highest BCUT2D eigenvalue weighted by Gasteiger charge is 2.12. The molecule has 0 spiro atoms. The fourth-order valence-corrected chi connectivity index (χ4v) is 3.22. The molecule has 0 radical (unpaired) electrons. The second kappa shape index (κ2) is 7.86. The van der Waals surface area contributed by atoms with Gasteiger partial charge in [-0.25, -0.2) is 4.21 Å². The number of rotatable bonds is 3. The molecule has 1 amide bonds. The Bertz CT molecular complexity index is 933. The number of benzene rings is 1. The van der Waals surface area contributed by atoms with Crippen molar-refractivity contribution in [2.75, 3.05) is 12.9 Å². The molecular formula is C18H18N2O3S. The lowest BCUT2D eigenvalue weighted by Crippen LogP contribution is -2.04. The van der Waals surface area contributed by atoms with E-state index in [9.17, 15) is 9.00 Å². The van der Waals surface area contributed by atoms with Gasteiger partial charge in [-0.15, -0.1) is 0 Å². The largest absolute Gasteiger partial charge is 0.395 e. The maximum Gasteiger partial charge on any atom is 0.286 e. The standard InChI is InChI=1S/C18H18N2O3S/c1-14-6-5-8-17(10-14)24(2,23)20-18(22)16-11-15(12-19-13-16)7-3-4-9-21/h5-6,8,10-13,21H,4,9H2,1-2H3. The predicted octanol–water partition coefficient (Wildman–Crippen LogP) is 2.42. The summed E-state index contributed by atoms with van der Waals surface area (Å²) >= 11 is 0. The van der Waals surface area contributed by atoms with Crippen LogP contribution >= 0.6 is 0 Å². The molecule has 1 N–H and O–H groups in total. The van der Waals surface area contributed by atoms with Crippen molar-refractivity contribution < 1.29 is 14.1 Å². The quantitative estimate of drug-likeness (QED) is 0.869. The Hall–Kier alpha value is -2.49. The third kappa shape index (κ3) is 4.75. The van der Waals surface area contributed by atoms with E-state index in [1.807, 2.05) is 13.0 Å². The molecule has 2 aromatic rings. The monoisotopic (exact) mass is 342 g/mol. The summed E-state index contributed by atoms with van der Waals surface area (Å²) in [6, 6.07) is 8.68. The molecule has 0 aliphatic rings. The SMILES string of the molecule is Cc1cccc(S(C)(=O)=NC(=O)c2cncc(C#CCCO)c2)c1. The molecule has 2 rings (SSSR count). The molecule has 0 saturated carbocycles. The van der Waals surface area contributed by atoms with Crippen molar-refractivity contribution in [3.8, 4) is 11.8 Å². The van der Waals surface area contributed by atoms with Crippen LogP contribution in [0.25, 0.3) is 0 Å². The highest BCUT2D eigenvalue weighted by atomic mass is 32.2. The van der Waals surface area contributed by atoms with Gasteiger partial charge >= 0.3 is 0 Å². The van der Waals surface area contributed by atoms with E-state index >= 15 is 0 Å². The zero-order valence-corrected chi connectivity index (χ0v) is 14.3.